The van der Waals surface area contributed by atoms with Gasteiger partial charge in [-0.15, -0.1) is 5.10 Å². The molecule has 1 amide bonds. The Morgan fingerprint density at radius 3 is 2.70 bits per heavy atom. The molecule has 1 saturated heterocycles. The number of piperidine rings is 1. The Balaban J connectivity index is 1.51. The average Bonchev–Trinajstić information content (AvgIpc) is 3.23. The number of aromatic nitrogens is 3. The van der Waals surface area contributed by atoms with Crippen LogP contribution in [0.2, 0.25) is 0 Å². The summed E-state index contributed by atoms with van der Waals surface area (Å²) < 4.78 is 7.06. The first kappa shape index (κ1) is 22.1. The third-order valence-electron chi connectivity index (χ3n) is 5.69. The van der Waals surface area contributed by atoms with Gasteiger partial charge in [0.05, 0.1) is 19.3 Å². The molecule has 3 rings (SSSR count). The first-order chi connectivity index (χ1) is 14.4. The number of phenolic OH excluding ortho intramolecular Hbond substituents is 1. The Kier molecular flexibility index (Phi) is 7.31. The number of aromatic hydroxyl groups is 1. The Hall–Kier alpha value is -2.61. The van der Waals surface area contributed by atoms with Gasteiger partial charge in [0.25, 0.3) is 5.91 Å². The minimum atomic E-state index is -0.162. The normalized spacial score (nSPS) is 16.6. The van der Waals surface area contributed by atoms with E-state index in [0.717, 1.165) is 37.9 Å². The lowest BCUT2D eigenvalue weighted by Crippen LogP contribution is -2.41. The highest BCUT2D eigenvalue weighted by atomic mass is 16.5. The maximum absolute atomic E-state index is 12.2. The molecule has 1 aromatic carbocycles. The van der Waals surface area contributed by atoms with E-state index in [1.807, 2.05) is 16.8 Å². The highest BCUT2D eigenvalue weighted by Gasteiger charge is 2.25. The maximum atomic E-state index is 12.2. The van der Waals surface area contributed by atoms with Crippen molar-refractivity contribution in [1.29, 1.82) is 0 Å². The van der Waals surface area contributed by atoms with Crippen LogP contribution in [-0.2, 0) is 6.42 Å². The molecule has 8 nitrogen and oxygen atoms in total. The first-order valence-corrected chi connectivity index (χ1v) is 10.7. The summed E-state index contributed by atoms with van der Waals surface area (Å²) in [5.74, 6) is 0.918. The number of benzene rings is 1. The Bertz CT molecular complexity index is 843. The van der Waals surface area contributed by atoms with Gasteiger partial charge in [-0.05, 0) is 49.8 Å². The molecule has 8 heteroatoms. The molecule has 0 bridgehead atoms. The van der Waals surface area contributed by atoms with Crippen LogP contribution >= 0.6 is 0 Å². The van der Waals surface area contributed by atoms with Crippen LogP contribution < -0.4 is 10.1 Å². The number of rotatable bonds is 8. The molecule has 30 heavy (non-hydrogen) atoms. The van der Waals surface area contributed by atoms with Gasteiger partial charge in [0.1, 0.15) is 0 Å². The van der Waals surface area contributed by atoms with Crippen molar-refractivity contribution in [3.63, 3.8) is 0 Å². The molecule has 1 fully saturated rings. The minimum absolute atomic E-state index is 0.162. The lowest BCUT2D eigenvalue weighted by atomic mass is 10.00. The van der Waals surface area contributed by atoms with Gasteiger partial charge in [0, 0.05) is 25.7 Å². The summed E-state index contributed by atoms with van der Waals surface area (Å²) in [5.41, 5.74) is 1.53. The highest BCUT2D eigenvalue weighted by molar-refractivity contribution is 5.91. The molecular weight excluding hydrogens is 382 g/mol. The van der Waals surface area contributed by atoms with Gasteiger partial charge in [-0.25, -0.2) is 4.68 Å². The molecule has 1 aromatic heterocycles. The Labute approximate surface area is 178 Å². The van der Waals surface area contributed by atoms with Crippen LogP contribution in [0.4, 0.5) is 0 Å². The molecule has 164 valence electrons. The van der Waals surface area contributed by atoms with E-state index in [1.165, 1.54) is 0 Å². The molecule has 2 aromatic rings. The zero-order chi connectivity index (χ0) is 21.7. The zero-order valence-corrected chi connectivity index (χ0v) is 18.3. The zero-order valence-electron chi connectivity index (χ0n) is 18.3. The van der Waals surface area contributed by atoms with E-state index in [2.05, 4.69) is 41.3 Å². The molecule has 2 N–H and O–H groups in total. The van der Waals surface area contributed by atoms with Crippen LogP contribution in [0.3, 0.4) is 0 Å². The van der Waals surface area contributed by atoms with Crippen LogP contribution in [-0.4, -0.2) is 63.7 Å². The molecule has 1 atom stereocenters. The number of nitrogens with zero attached hydrogens (tertiary/aromatic N) is 4. The lowest BCUT2D eigenvalue weighted by Gasteiger charge is -2.36. The van der Waals surface area contributed by atoms with Crippen molar-refractivity contribution in [3.8, 4) is 11.5 Å². The van der Waals surface area contributed by atoms with Crippen molar-refractivity contribution < 1.29 is 14.6 Å². The number of ether oxygens (including phenoxy) is 1. The van der Waals surface area contributed by atoms with Gasteiger partial charge in [-0.2, -0.15) is 0 Å². The van der Waals surface area contributed by atoms with E-state index in [-0.39, 0.29) is 17.7 Å². The van der Waals surface area contributed by atoms with E-state index >= 15 is 0 Å². The molecule has 2 heterocycles. The topological polar surface area (TPSA) is 92.5 Å². The summed E-state index contributed by atoms with van der Waals surface area (Å²) >= 11 is 0. The van der Waals surface area contributed by atoms with Crippen molar-refractivity contribution >= 4 is 5.91 Å². The molecule has 1 aliphatic heterocycles. The van der Waals surface area contributed by atoms with Gasteiger partial charge in [-0.3, -0.25) is 4.79 Å². The molecular formula is C22H33N5O3. The summed E-state index contributed by atoms with van der Waals surface area (Å²) in [6.45, 7) is 8.92. The van der Waals surface area contributed by atoms with Crippen LogP contribution in [0.15, 0.2) is 24.4 Å². The van der Waals surface area contributed by atoms with Crippen LogP contribution in [0.5, 0.6) is 11.5 Å². The van der Waals surface area contributed by atoms with E-state index in [0.29, 0.717) is 29.9 Å². The van der Waals surface area contributed by atoms with Crippen molar-refractivity contribution in [1.82, 2.24) is 25.2 Å². The maximum Gasteiger partial charge on any atom is 0.273 e. The number of carbonyl (C=O) groups excluding carboxylic acids is 1. The third kappa shape index (κ3) is 5.50. The first-order valence-electron chi connectivity index (χ1n) is 10.7. The van der Waals surface area contributed by atoms with Gasteiger partial charge >= 0.3 is 0 Å². The van der Waals surface area contributed by atoms with Gasteiger partial charge < -0.3 is 20.1 Å². The van der Waals surface area contributed by atoms with E-state index < -0.39 is 0 Å². The van der Waals surface area contributed by atoms with Crippen molar-refractivity contribution in [2.24, 2.45) is 5.92 Å². The number of hydrogen-bond acceptors (Lipinski definition) is 6. The van der Waals surface area contributed by atoms with Gasteiger partial charge in [-0.1, -0.05) is 25.1 Å². The highest BCUT2D eigenvalue weighted by Crippen LogP contribution is 2.28. The van der Waals surface area contributed by atoms with Crippen LogP contribution in [0.25, 0.3) is 0 Å². The number of nitrogens with one attached hydrogen (secondary N) is 1. The number of likely N-dealkylation sites (tertiary alicyclic amines) is 1. The van der Waals surface area contributed by atoms with Crippen molar-refractivity contribution in [2.75, 3.05) is 26.7 Å². The van der Waals surface area contributed by atoms with Gasteiger partial charge in [0.15, 0.2) is 17.2 Å². The second-order valence-electron chi connectivity index (χ2n) is 8.51. The predicted octanol–water partition coefficient (Wildman–Crippen LogP) is 2.65. The molecule has 0 radical (unpaired) electrons. The number of carbonyl (C=O) groups is 1. The van der Waals surface area contributed by atoms with E-state index in [4.69, 9.17) is 4.74 Å². The lowest BCUT2D eigenvalue weighted by molar-refractivity contribution is 0.0944. The Morgan fingerprint density at radius 1 is 1.30 bits per heavy atom. The van der Waals surface area contributed by atoms with Crippen LogP contribution in [0.1, 0.15) is 55.7 Å². The third-order valence-corrected chi connectivity index (χ3v) is 5.69. The van der Waals surface area contributed by atoms with Crippen LogP contribution in [0, 0.1) is 5.92 Å². The summed E-state index contributed by atoms with van der Waals surface area (Å²) in [6.07, 6.45) is 4.60. The second kappa shape index (κ2) is 9.93. The predicted molar refractivity (Wildman–Crippen MR) is 115 cm³/mol. The van der Waals surface area contributed by atoms with Crippen molar-refractivity contribution in [3.05, 3.63) is 35.7 Å². The summed E-state index contributed by atoms with van der Waals surface area (Å²) in [5, 5.41) is 20.9. The second-order valence-corrected chi connectivity index (χ2v) is 8.51. The molecule has 1 aliphatic rings. The minimum Gasteiger partial charge on any atom is -0.504 e. The van der Waals surface area contributed by atoms with Gasteiger partial charge in [0.2, 0.25) is 0 Å². The fraction of sp³-hybridized carbons (Fsp3) is 0.591. The van der Waals surface area contributed by atoms with E-state index in [9.17, 15) is 9.90 Å². The number of amides is 1. The molecule has 1 unspecified atom stereocenters. The largest absolute Gasteiger partial charge is 0.504 e. The van der Waals surface area contributed by atoms with Crippen molar-refractivity contribution in [2.45, 2.75) is 52.1 Å². The molecule has 0 spiro atoms. The smallest absolute Gasteiger partial charge is 0.273 e. The standard InChI is InChI=1S/C22H33N5O3/c1-15(2)13-23-22(29)19-14-27(25-24-19)18-7-9-26(10-8-18)16(3)11-17-5-6-20(28)21(12-17)30-4/h5-6,12,14-16,18,28H,7-11,13H2,1-4H3,(H,23,29). The Morgan fingerprint density at radius 2 is 2.03 bits per heavy atom. The number of hydrogen-bond donors (Lipinski definition) is 2. The molecule has 0 aliphatic carbocycles. The quantitative estimate of drug-likeness (QED) is 0.689. The number of methoxy groups -OCH3 is 1. The summed E-state index contributed by atoms with van der Waals surface area (Å²) in [6, 6.07) is 6.18. The SMILES string of the molecule is COc1cc(CC(C)N2CCC(n3cc(C(=O)NCC(C)C)nn3)CC2)ccc1O. The van der Waals surface area contributed by atoms with E-state index in [1.54, 1.807) is 19.4 Å². The fourth-order valence-electron chi connectivity index (χ4n) is 3.86. The fourth-order valence-corrected chi connectivity index (χ4v) is 3.86. The number of phenols is 1. The summed E-state index contributed by atoms with van der Waals surface area (Å²) in [4.78, 5) is 14.6. The summed E-state index contributed by atoms with van der Waals surface area (Å²) in [7, 11) is 1.57. The monoisotopic (exact) mass is 415 g/mol. The molecule has 0 saturated carbocycles. The average molecular weight is 416 g/mol.